The van der Waals surface area contributed by atoms with E-state index >= 15 is 0 Å². The quantitative estimate of drug-likeness (QED) is 0.804. The molecular weight excluding hydrogens is 282 g/mol. The molecule has 1 rings (SSSR count). The minimum Gasteiger partial charge on any atom is -0.369 e. The summed E-state index contributed by atoms with van der Waals surface area (Å²) in [5.41, 5.74) is 0.654. The van der Waals surface area contributed by atoms with Crippen LogP contribution >= 0.6 is 15.9 Å². The molecule has 0 radical (unpaired) electrons. The largest absolute Gasteiger partial charge is 0.369 e. The molecule has 0 aliphatic heterocycles. The van der Waals surface area contributed by atoms with Crippen molar-refractivity contribution in [3.05, 3.63) is 16.4 Å². The van der Waals surface area contributed by atoms with Gasteiger partial charge in [-0.15, -0.1) is 0 Å². The molecule has 0 fully saturated rings. The standard InChI is InChI=1S/C10H15BrF2N2O/c1-3-7(2)15-4-8(11)9(14-15)5-16-6-10(12)13/h4,7,10H,3,5-6H2,1-2H3. The van der Waals surface area contributed by atoms with Crippen molar-refractivity contribution in [1.29, 1.82) is 0 Å². The highest BCUT2D eigenvalue weighted by atomic mass is 79.9. The van der Waals surface area contributed by atoms with Crippen LogP contribution in [0.15, 0.2) is 10.7 Å². The Bertz CT molecular complexity index is 331. The van der Waals surface area contributed by atoms with E-state index in [0.29, 0.717) is 11.7 Å². The summed E-state index contributed by atoms with van der Waals surface area (Å²) < 4.78 is 31.2. The molecule has 0 aliphatic carbocycles. The molecule has 16 heavy (non-hydrogen) atoms. The zero-order chi connectivity index (χ0) is 12.1. The van der Waals surface area contributed by atoms with Gasteiger partial charge in [-0.1, -0.05) is 6.92 Å². The van der Waals surface area contributed by atoms with E-state index in [2.05, 4.69) is 28.0 Å². The summed E-state index contributed by atoms with van der Waals surface area (Å²) >= 11 is 3.33. The van der Waals surface area contributed by atoms with Crippen LogP contribution in [-0.2, 0) is 11.3 Å². The first-order chi connectivity index (χ1) is 7.54. The number of hydrogen-bond acceptors (Lipinski definition) is 2. The molecule has 0 saturated carbocycles. The summed E-state index contributed by atoms with van der Waals surface area (Å²) in [4.78, 5) is 0. The number of alkyl halides is 2. The lowest BCUT2D eigenvalue weighted by atomic mass is 10.3. The van der Waals surface area contributed by atoms with Crippen LogP contribution in [0.3, 0.4) is 0 Å². The molecule has 0 spiro atoms. The first-order valence-electron chi connectivity index (χ1n) is 5.14. The van der Waals surface area contributed by atoms with Crippen LogP contribution in [0.5, 0.6) is 0 Å². The van der Waals surface area contributed by atoms with Gasteiger partial charge in [-0.3, -0.25) is 4.68 Å². The van der Waals surface area contributed by atoms with Crippen molar-refractivity contribution in [3.8, 4) is 0 Å². The zero-order valence-corrected chi connectivity index (χ0v) is 10.9. The van der Waals surface area contributed by atoms with Gasteiger partial charge in [0, 0.05) is 12.2 Å². The highest BCUT2D eigenvalue weighted by molar-refractivity contribution is 9.10. The van der Waals surface area contributed by atoms with Crippen LogP contribution in [0.25, 0.3) is 0 Å². The number of ether oxygens (including phenoxy) is 1. The minimum atomic E-state index is -2.43. The predicted octanol–water partition coefficient (Wildman–Crippen LogP) is 3.40. The van der Waals surface area contributed by atoms with Crippen LogP contribution in [0.1, 0.15) is 32.0 Å². The molecule has 0 bridgehead atoms. The van der Waals surface area contributed by atoms with Crippen LogP contribution in [0.4, 0.5) is 8.78 Å². The number of hydrogen-bond donors (Lipinski definition) is 0. The Morgan fingerprint density at radius 1 is 1.56 bits per heavy atom. The van der Waals surface area contributed by atoms with Gasteiger partial charge in [-0.05, 0) is 29.3 Å². The normalized spacial score (nSPS) is 13.4. The van der Waals surface area contributed by atoms with Gasteiger partial charge in [0.1, 0.15) is 12.3 Å². The molecule has 0 N–H and O–H groups in total. The molecule has 1 unspecified atom stereocenters. The third kappa shape index (κ3) is 3.83. The summed E-state index contributed by atoms with van der Waals surface area (Å²) in [5.74, 6) is 0. The maximum atomic E-state index is 11.9. The van der Waals surface area contributed by atoms with Gasteiger partial charge < -0.3 is 4.74 Å². The third-order valence-electron chi connectivity index (χ3n) is 2.28. The van der Waals surface area contributed by atoms with E-state index < -0.39 is 13.0 Å². The molecule has 0 amide bonds. The maximum Gasteiger partial charge on any atom is 0.261 e. The molecule has 1 heterocycles. The number of halogens is 3. The van der Waals surface area contributed by atoms with Crippen molar-refractivity contribution in [2.24, 2.45) is 0 Å². The van der Waals surface area contributed by atoms with E-state index in [-0.39, 0.29) is 6.61 Å². The van der Waals surface area contributed by atoms with E-state index in [0.717, 1.165) is 10.9 Å². The SMILES string of the molecule is CCC(C)n1cc(Br)c(COCC(F)F)n1. The maximum absolute atomic E-state index is 11.9. The molecule has 0 aromatic carbocycles. The lowest BCUT2D eigenvalue weighted by molar-refractivity contribution is 0.00847. The number of aromatic nitrogens is 2. The van der Waals surface area contributed by atoms with Gasteiger partial charge in [0.2, 0.25) is 0 Å². The molecule has 92 valence electrons. The average Bonchev–Trinajstić information content (AvgIpc) is 2.59. The zero-order valence-electron chi connectivity index (χ0n) is 9.29. The molecule has 0 aliphatic rings. The Balaban J connectivity index is 2.56. The molecule has 0 saturated heterocycles. The van der Waals surface area contributed by atoms with Crippen LogP contribution in [0, 0.1) is 0 Å². The second kappa shape index (κ2) is 6.30. The van der Waals surface area contributed by atoms with Gasteiger partial charge in [0.25, 0.3) is 6.43 Å². The average molecular weight is 297 g/mol. The third-order valence-corrected chi connectivity index (χ3v) is 2.94. The highest BCUT2D eigenvalue weighted by Crippen LogP contribution is 2.19. The molecule has 1 aromatic rings. The highest BCUT2D eigenvalue weighted by Gasteiger charge is 2.11. The predicted molar refractivity (Wildman–Crippen MR) is 60.6 cm³/mol. The fourth-order valence-corrected chi connectivity index (χ4v) is 1.57. The van der Waals surface area contributed by atoms with Crippen molar-refractivity contribution in [2.45, 2.75) is 39.3 Å². The molecule has 3 nitrogen and oxygen atoms in total. The van der Waals surface area contributed by atoms with Crippen LogP contribution in [-0.4, -0.2) is 22.8 Å². The second-order valence-electron chi connectivity index (χ2n) is 3.57. The van der Waals surface area contributed by atoms with Crippen molar-refractivity contribution in [2.75, 3.05) is 6.61 Å². The smallest absolute Gasteiger partial charge is 0.261 e. The molecule has 1 atom stereocenters. The van der Waals surface area contributed by atoms with E-state index in [9.17, 15) is 8.78 Å². The summed E-state index contributed by atoms with van der Waals surface area (Å²) in [6, 6.07) is 0.292. The van der Waals surface area contributed by atoms with Crippen LogP contribution in [0.2, 0.25) is 0 Å². The Hall–Kier alpha value is -0.490. The van der Waals surface area contributed by atoms with Gasteiger partial charge in [-0.25, -0.2) is 8.78 Å². The lowest BCUT2D eigenvalue weighted by Gasteiger charge is -2.07. The van der Waals surface area contributed by atoms with Crippen molar-refractivity contribution in [1.82, 2.24) is 9.78 Å². The van der Waals surface area contributed by atoms with Crippen molar-refractivity contribution < 1.29 is 13.5 Å². The topological polar surface area (TPSA) is 27.1 Å². The lowest BCUT2D eigenvalue weighted by Crippen LogP contribution is -2.07. The summed E-state index contributed by atoms with van der Waals surface area (Å²) in [7, 11) is 0. The van der Waals surface area contributed by atoms with Gasteiger partial charge in [-0.2, -0.15) is 5.10 Å². The molecular formula is C10H15BrF2N2O. The first-order valence-corrected chi connectivity index (χ1v) is 5.93. The fourth-order valence-electron chi connectivity index (χ4n) is 1.16. The number of nitrogens with zero attached hydrogens (tertiary/aromatic N) is 2. The van der Waals surface area contributed by atoms with Crippen molar-refractivity contribution >= 4 is 15.9 Å². The van der Waals surface area contributed by atoms with E-state index in [1.807, 2.05) is 17.8 Å². The summed E-state index contributed by atoms with van der Waals surface area (Å²) in [6.07, 6.45) is 0.371. The van der Waals surface area contributed by atoms with Crippen LogP contribution < -0.4 is 0 Å². The van der Waals surface area contributed by atoms with Gasteiger partial charge >= 0.3 is 0 Å². The fraction of sp³-hybridized carbons (Fsp3) is 0.700. The molecule has 6 heteroatoms. The van der Waals surface area contributed by atoms with E-state index in [1.165, 1.54) is 0 Å². The van der Waals surface area contributed by atoms with Gasteiger partial charge in [0.15, 0.2) is 0 Å². The second-order valence-corrected chi connectivity index (χ2v) is 4.42. The molecule has 1 aromatic heterocycles. The number of rotatable bonds is 6. The Kier molecular flexibility index (Phi) is 5.34. The Morgan fingerprint density at radius 2 is 2.25 bits per heavy atom. The monoisotopic (exact) mass is 296 g/mol. The summed E-state index contributed by atoms with van der Waals surface area (Å²) in [5, 5.41) is 4.28. The summed E-state index contributed by atoms with van der Waals surface area (Å²) in [6.45, 7) is 3.66. The first kappa shape index (κ1) is 13.6. The van der Waals surface area contributed by atoms with E-state index in [1.54, 1.807) is 0 Å². The van der Waals surface area contributed by atoms with E-state index in [4.69, 9.17) is 4.74 Å². The minimum absolute atomic E-state index is 0.106. The van der Waals surface area contributed by atoms with Gasteiger partial charge in [0.05, 0.1) is 11.1 Å². The van der Waals surface area contributed by atoms with Crippen molar-refractivity contribution in [3.63, 3.8) is 0 Å². The Labute approximate surface area is 102 Å². The Morgan fingerprint density at radius 3 is 2.81 bits per heavy atom.